The number of sulfone groups is 1. The zero-order chi connectivity index (χ0) is 14.9. The van der Waals surface area contributed by atoms with E-state index in [1.807, 2.05) is 0 Å². The summed E-state index contributed by atoms with van der Waals surface area (Å²) in [5.74, 6) is 1.15. The first-order chi connectivity index (χ1) is 9.32. The van der Waals surface area contributed by atoms with Gasteiger partial charge in [-0.3, -0.25) is 0 Å². The van der Waals surface area contributed by atoms with Gasteiger partial charge in [0.05, 0.1) is 11.5 Å². The van der Waals surface area contributed by atoms with Gasteiger partial charge in [0.2, 0.25) is 0 Å². The van der Waals surface area contributed by atoms with E-state index in [0.29, 0.717) is 18.1 Å². The van der Waals surface area contributed by atoms with E-state index >= 15 is 0 Å². The second-order valence-corrected chi connectivity index (χ2v) is 8.47. The van der Waals surface area contributed by atoms with Crippen molar-refractivity contribution < 1.29 is 8.42 Å². The monoisotopic (exact) mass is 295 g/mol. The van der Waals surface area contributed by atoms with E-state index in [4.69, 9.17) is 5.73 Å². The van der Waals surface area contributed by atoms with Gasteiger partial charge < -0.3 is 5.73 Å². The number of rotatable bonds is 4. The summed E-state index contributed by atoms with van der Waals surface area (Å²) in [5, 5.41) is 0. The molecule has 1 saturated heterocycles. The third-order valence-corrected chi connectivity index (χ3v) is 6.34. The number of hydrogen-bond donors (Lipinski definition) is 1. The summed E-state index contributed by atoms with van der Waals surface area (Å²) in [6, 6.07) is 4.39. The molecule has 20 heavy (non-hydrogen) atoms. The molecule has 2 N–H and O–H groups in total. The highest BCUT2D eigenvalue weighted by atomic mass is 32.2. The van der Waals surface area contributed by atoms with Gasteiger partial charge in [-0.15, -0.1) is 0 Å². The molecule has 0 saturated carbocycles. The molecule has 1 aliphatic heterocycles. The van der Waals surface area contributed by atoms with E-state index in [9.17, 15) is 8.42 Å². The van der Waals surface area contributed by atoms with E-state index in [2.05, 4.69) is 32.9 Å². The fourth-order valence-electron chi connectivity index (χ4n) is 3.43. The highest BCUT2D eigenvalue weighted by Gasteiger charge is 2.33. The number of benzene rings is 1. The summed E-state index contributed by atoms with van der Waals surface area (Å²) in [6.45, 7) is 6.93. The summed E-state index contributed by atoms with van der Waals surface area (Å²) in [6.07, 6.45) is 1.67. The molecule has 0 amide bonds. The molecule has 1 heterocycles. The third-order valence-electron chi connectivity index (χ3n) is 4.54. The van der Waals surface area contributed by atoms with E-state index in [1.54, 1.807) is 0 Å². The van der Waals surface area contributed by atoms with Crippen molar-refractivity contribution in [1.82, 2.24) is 0 Å². The average Bonchev–Trinajstić information content (AvgIpc) is 2.68. The van der Waals surface area contributed by atoms with Gasteiger partial charge in [-0.25, -0.2) is 8.42 Å². The first kappa shape index (κ1) is 15.5. The van der Waals surface area contributed by atoms with Crippen LogP contribution in [0, 0.1) is 32.6 Å². The topological polar surface area (TPSA) is 60.2 Å². The fraction of sp³-hybridized carbons (Fsp3) is 0.625. The zero-order valence-corrected chi connectivity index (χ0v) is 13.5. The molecule has 0 aromatic heterocycles. The van der Waals surface area contributed by atoms with Gasteiger partial charge in [0.1, 0.15) is 0 Å². The number of hydrogen-bond acceptors (Lipinski definition) is 3. The number of aryl methyl sites for hydroxylation is 3. The molecule has 1 aromatic carbocycles. The summed E-state index contributed by atoms with van der Waals surface area (Å²) in [5.41, 5.74) is 11.1. The summed E-state index contributed by atoms with van der Waals surface area (Å²) in [7, 11) is -2.83. The van der Waals surface area contributed by atoms with E-state index in [1.165, 1.54) is 22.3 Å². The third kappa shape index (κ3) is 3.41. The maximum Gasteiger partial charge on any atom is 0.150 e. The van der Waals surface area contributed by atoms with Crippen molar-refractivity contribution in [2.24, 2.45) is 17.6 Å². The molecule has 112 valence electrons. The fourth-order valence-corrected chi connectivity index (χ4v) is 5.35. The average molecular weight is 295 g/mol. The van der Waals surface area contributed by atoms with Crippen molar-refractivity contribution in [1.29, 1.82) is 0 Å². The van der Waals surface area contributed by atoms with Crippen LogP contribution in [0.5, 0.6) is 0 Å². The van der Waals surface area contributed by atoms with Crippen LogP contribution in [-0.4, -0.2) is 26.5 Å². The quantitative estimate of drug-likeness (QED) is 0.926. The smallest absolute Gasteiger partial charge is 0.150 e. The normalized spacial score (nSPS) is 22.9. The van der Waals surface area contributed by atoms with Crippen molar-refractivity contribution in [2.45, 2.75) is 33.6 Å². The zero-order valence-electron chi connectivity index (χ0n) is 12.6. The van der Waals surface area contributed by atoms with Crippen LogP contribution in [0.4, 0.5) is 0 Å². The minimum atomic E-state index is -2.83. The Hall–Kier alpha value is -0.870. The molecule has 0 radical (unpaired) electrons. The molecule has 0 bridgehead atoms. The molecule has 2 rings (SSSR count). The van der Waals surface area contributed by atoms with Gasteiger partial charge in [0, 0.05) is 0 Å². The van der Waals surface area contributed by atoms with E-state index in [-0.39, 0.29) is 11.8 Å². The van der Waals surface area contributed by atoms with Crippen molar-refractivity contribution >= 4 is 9.84 Å². The molecule has 4 heteroatoms. The Balaban J connectivity index is 2.19. The van der Waals surface area contributed by atoms with Crippen LogP contribution in [0.15, 0.2) is 12.1 Å². The van der Waals surface area contributed by atoms with Crippen molar-refractivity contribution in [2.75, 3.05) is 18.1 Å². The van der Waals surface area contributed by atoms with Gasteiger partial charge >= 0.3 is 0 Å². The van der Waals surface area contributed by atoms with Crippen LogP contribution in [0.25, 0.3) is 0 Å². The first-order valence-corrected chi connectivity index (χ1v) is 9.11. The Morgan fingerprint density at radius 1 is 1.25 bits per heavy atom. The molecule has 3 nitrogen and oxygen atoms in total. The van der Waals surface area contributed by atoms with Crippen LogP contribution < -0.4 is 5.73 Å². The van der Waals surface area contributed by atoms with Gasteiger partial charge in [-0.05, 0) is 68.7 Å². The van der Waals surface area contributed by atoms with Crippen LogP contribution in [0.3, 0.4) is 0 Å². The molecule has 1 aliphatic rings. The first-order valence-electron chi connectivity index (χ1n) is 7.29. The lowest BCUT2D eigenvalue weighted by atomic mass is 9.83. The summed E-state index contributed by atoms with van der Waals surface area (Å²) < 4.78 is 23.3. The highest BCUT2D eigenvalue weighted by molar-refractivity contribution is 7.91. The van der Waals surface area contributed by atoms with Gasteiger partial charge in [0.25, 0.3) is 0 Å². The molecule has 1 aromatic rings. The lowest BCUT2D eigenvalue weighted by molar-refractivity contribution is 0.370. The minimum absolute atomic E-state index is 0.227. The van der Waals surface area contributed by atoms with Crippen LogP contribution in [0.2, 0.25) is 0 Å². The summed E-state index contributed by atoms with van der Waals surface area (Å²) in [4.78, 5) is 0. The van der Waals surface area contributed by atoms with Crippen molar-refractivity contribution in [3.63, 3.8) is 0 Å². The maximum atomic E-state index is 11.7. The van der Waals surface area contributed by atoms with Crippen molar-refractivity contribution in [3.8, 4) is 0 Å². The largest absolute Gasteiger partial charge is 0.330 e. The predicted molar refractivity (Wildman–Crippen MR) is 83.7 cm³/mol. The lowest BCUT2D eigenvalue weighted by Crippen LogP contribution is -2.27. The molecule has 2 unspecified atom stereocenters. The molecular formula is C16H25NO2S. The Bertz CT molecular complexity index is 569. The van der Waals surface area contributed by atoms with E-state index in [0.717, 1.165) is 12.8 Å². The van der Waals surface area contributed by atoms with Crippen LogP contribution in [0.1, 0.15) is 28.7 Å². The standard InChI is InChI=1S/C16H25NO2S/c1-11-6-12(2)16(13(3)7-11)8-15(9-17)14-4-5-20(18,19)10-14/h6-7,14-15H,4-5,8-10,17H2,1-3H3. The van der Waals surface area contributed by atoms with E-state index < -0.39 is 9.84 Å². The molecule has 2 atom stereocenters. The number of nitrogens with two attached hydrogens (primary N) is 1. The predicted octanol–water partition coefficient (Wildman–Crippen LogP) is 2.16. The van der Waals surface area contributed by atoms with Crippen molar-refractivity contribution in [3.05, 3.63) is 34.4 Å². The Kier molecular flexibility index (Phi) is 4.55. The van der Waals surface area contributed by atoms with Crippen LogP contribution in [-0.2, 0) is 16.3 Å². The summed E-state index contributed by atoms with van der Waals surface area (Å²) >= 11 is 0. The molecule has 1 fully saturated rings. The SMILES string of the molecule is Cc1cc(C)c(CC(CN)C2CCS(=O)(=O)C2)c(C)c1. The van der Waals surface area contributed by atoms with Gasteiger partial charge in [-0.1, -0.05) is 17.7 Å². The molecule has 0 spiro atoms. The minimum Gasteiger partial charge on any atom is -0.330 e. The maximum absolute atomic E-state index is 11.7. The second kappa shape index (κ2) is 5.86. The second-order valence-electron chi connectivity index (χ2n) is 6.24. The van der Waals surface area contributed by atoms with Gasteiger partial charge in [0.15, 0.2) is 9.84 Å². The van der Waals surface area contributed by atoms with Gasteiger partial charge in [-0.2, -0.15) is 0 Å². The molecular weight excluding hydrogens is 270 g/mol. The Morgan fingerprint density at radius 2 is 1.85 bits per heavy atom. The highest BCUT2D eigenvalue weighted by Crippen LogP contribution is 2.30. The van der Waals surface area contributed by atoms with Crippen LogP contribution >= 0.6 is 0 Å². The lowest BCUT2D eigenvalue weighted by Gasteiger charge is -2.23. The Morgan fingerprint density at radius 3 is 2.30 bits per heavy atom. The Labute approximate surface area is 122 Å². The molecule has 0 aliphatic carbocycles.